The van der Waals surface area contributed by atoms with E-state index in [-0.39, 0.29) is 9.86 Å². The van der Waals surface area contributed by atoms with Crippen molar-refractivity contribution in [3.63, 3.8) is 0 Å². The molecule has 4 nitrogen and oxygen atoms in total. The number of halogens is 7. The summed E-state index contributed by atoms with van der Waals surface area (Å²) in [5, 5.41) is 0. The first-order chi connectivity index (χ1) is 12.2. The average Bonchev–Trinajstić information content (AvgIpc) is 2.54. The molecule has 1 aromatic carbocycles. The zero-order valence-corrected chi connectivity index (χ0v) is 16.7. The molecule has 1 aromatic rings. The van der Waals surface area contributed by atoms with Crippen molar-refractivity contribution >= 4 is 28.9 Å². The van der Waals surface area contributed by atoms with E-state index in [4.69, 9.17) is 4.74 Å². The molecule has 0 aliphatic heterocycles. The van der Waals surface area contributed by atoms with Crippen LogP contribution >= 0.6 is 22.6 Å². The third-order valence-corrected chi connectivity index (χ3v) is 4.61. The molecule has 0 fully saturated rings. The predicted molar refractivity (Wildman–Crippen MR) is 91.0 cm³/mol. The van der Waals surface area contributed by atoms with Gasteiger partial charge in [0.05, 0.1) is 0 Å². The van der Waals surface area contributed by atoms with E-state index in [1.165, 1.54) is 0 Å². The Bertz CT molecular complexity index is 663. The van der Waals surface area contributed by atoms with Crippen LogP contribution in [0.15, 0.2) is 18.2 Å². The Morgan fingerprint density at radius 2 is 1.37 bits per heavy atom. The molecule has 0 bridgehead atoms. The first-order valence-electron chi connectivity index (χ1n) is 7.38. The number of hydrogen-bond acceptors (Lipinski definition) is 4. The molecule has 0 amide bonds. The van der Waals surface area contributed by atoms with Gasteiger partial charge >= 0.3 is 12.4 Å². The second kappa shape index (κ2) is 8.62. The summed E-state index contributed by atoms with van der Waals surface area (Å²) in [4.78, 5) is 10.5. The Kier molecular flexibility index (Phi) is 7.70. The van der Waals surface area contributed by atoms with Gasteiger partial charge < -0.3 is 19.0 Å². The summed E-state index contributed by atoms with van der Waals surface area (Å²) in [6.45, 7) is -0.270. The zero-order valence-electron chi connectivity index (χ0n) is 14.5. The molecule has 0 saturated heterocycles. The number of rotatable bonds is 8. The van der Waals surface area contributed by atoms with Gasteiger partial charge in [0.1, 0.15) is 19.7 Å². The molecule has 27 heavy (non-hydrogen) atoms. The summed E-state index contributed by atoms with van der Waals surface area (Å²) in [6.07, 6.45) is -9.80. The van der Waals surface area contributed by atoms with Crippen LogP contribution in [0, 0.1) is 3.57 Å². The summed E-state index contributed by atoms with van der Waals surface area (Å²) >= 11 is 1.60. The summed E-state index contributed by atoms with van der Waals surface area (Å²) in [5.74, 6) is 0. The zero-order chi connectivity index (χ0) is 21.1. The molecule has 1 rings (SSSR count). The van der Waals surface area contributed by atoms with Gasteiger partial charge in [-0.2, -0.15) is 26.3 Å². The Balaban J connectivity index is 3.62. The topological polar surface area (TPSA) is 44.8 Å². The van der Waals surface area contributed by atoms with Gasteiger partial charge in [-0.1, -0.05) is 0 Å². The van der Waals surface area contributed by atoms with Crippen LogP contribution in [0.25, 0.3) is 0 Å². The lowest BCUT2D eigenvalue weighted by molar-refractivity contribution is -0.296. The molecule has 0 aliphatic rings. The van der Waals surface area contributed by atoms with Gasteiger partial charge in [-0.3, -0.25) is 0 Å². The molecule has 154 valence electrons. The molecule has 0 aromatic heterocycles. The van der Waals surface area contributed by atoms with E-state index in [9.17, 15) is 31.1 Å². The lowest BCUT2D eigenvalue weighted by Gasteiger charge is -2.35. The van der Waals surface area contributed by atoms with Crippen LogP contribution in [-0.4, -0.2) is 39.1 Å². The van der Waals surface area contributed by atoms with Crippen molar-refractivity contribution in [3.8, 4) is 0 Å². The summed E-state index contributed by atoms with van der Waals surface area (Å²) in [6, 6.07) is 2.81. The number of ether oxygens (including phenoxy) is 3. The van der Waals surface area contributed by atoms with Gasteiger partial charge in [0.25, 0.3) is 0 Å². The summed E-state index contributed by atoms with van der Waals surface area (Å²) in [5.41, 5.74) is -7.05. The van der Waals surface area contributed by atoms with Crippen molar-refractivity contribution in [2.24, 2.45) is 0 Å². The van der Waals surface area contributed by atoms with E-state index in [0.29, 0.717) is 19.9 Å². The highest BCUT2D eigenvalue weighted by Gasteiger charge is 2.57. The van der Waals surface area contributed by atoms with Crippen molar-refractivity contribution in [1.29, 1.82) is 0 Å². The number of aldehydes is 1. The summed E-state index contributed by atoms with van der Waals surface area (Å²) in [7, 11) is 1.12. The third-order valence-electron chi connectivity index (χ3n) is 3.99. The van der Waals surface area contributed by atoms with Crippen molar-refractivity contribution in [1.82, 2.24) is 0 Å². The monoisotopic (exact) mass is 514 g/mol. The number of benzene rings is 1. The minimum Gasteiger partial charge on any atom is -0.359 e. The lowest BCUT2D eigenvalue weighted by atomic mass is 9.88. The van der Waals surface area contributed by atoms with Gasteiger partial charge in [-0.05, 0) is 65.8 Å². The van der Waals surface area contributed by atoms with Gasteiger partial charge in [0.15, 0.2) is 11.2 Å². The normalized spacial score (nSPS) is 17.3. The molecule has 0 aliphatic carbocycles. The first kappa shape index (κ1) is 24.1. The molecule has 0 heterocycles. The van der Waals surface area contributed by atoms with E-state index < -0.39 is 48.1 Å². The summed E-state index contributed by atoms with van der Waals surface area (Å²) < 4.78 is 95.7. The van der Waals surface area contributed by atoms with Crippen molar-refractivity contribution in [3.05, 3.63) is 32.9 Å². The van der Waals surface area contributed by atoms with Crippen LogP contribution in [0.1, 0.15) is 25.0 Å². The lowest BCUT2D eigenvalue weighted by Crippen LogP contribution is -2.45. The van der Waals surface area contributed by atoms with Gasteiger partial charge in [0, 0.05) is 10.7 Å². The van der Waals surface area contributed by atoms with Crippen LogP contribution in [0.4, 0.5) is 26.3 Å². The highest BCUT2D eigenvalue weighted by Crippen LogP contribution is 2.46. The molecule has 11 heteroatoms. The van der Waals surface area contributed by atoms with Crippen molar-refractivity contribution < 1.29 is 45.3 Å². The Hall–Kier alpha value is -0.920. The largest absolute Gasteiger partial charge is 0.421 e. The fourth-order valence-electron chi connectivity index (χ4n) is 2.18. The fraction of sp³-hybridized carbons (Fsp3) is 0.562. The SMILES string of the molecule is COCOC(C)(c1cc(I)cc(C(C)(OCC=O)C(F)(F)F)c1)C(F)(F)F. The molecule has 0 N–H and O–H groups in total. The van der Waals surface area contributed by atoms with E-state index >= 15 is 0 Å². The van der Waals surface area contributed by atoms with Crippen LogP contribution in [-0.2, 0) is 30.2 Å². The van der Waals surface area contributed by atoms with Crippen LogP contribution in [0.5, 0.6) is 0 Å². The number of methoxy groups -OCH3 is 1. The predicted octanol–water partition coefficient (Wildman–Crippen LogP) is 4.68. The number of alkyl halides is 6. The molecule has 2 atom stereocenters. The van der Waals surface area contributed by atoms with Crippen LogP contribution < -0.4 is 0 Å². The fourth-order valence-corrected chi connectivity index (χ4v) is 2.85. The van der Waals surface area contributed by atoms with E-state index in [0.717, 1.165) is 19.2 Å². The maximum absolute atomic E-state index is 13.6. The van der Waals surface area contributed by atoms with Crippen molar-refractivity contribution in [2.75, 3.05) is 20.5 Å². The molecule has 0 radical (unpaired) electrons. The van der Waals surface area contributed by atoms with Crippen LogP contribution in [0.3, 0.4) is 0 Å². The molecular weight excluding hydrogens is 497 g/mol. The highest BCUT2D eigenvalue weighted by atomic mass is 127. The Morgan fingerprint density at radius 3 is 1.74 bits per heavy atom. The van der Waals surface area contributed by atoms with Crippen molar-refractivity contribution in [2.45, 2.75) is 37.4 Å². The maximum Gasteiger partial charge on any atom is 0.421 e. The number of hydrogen-bond donors (Lipinski definition) is 0. The van der Waals surface area contributed by atoms with Gasteiger partial charge in [-0.25, -0.2) is 0 Å². The molecule has 0 spiro atoms. The quantitative estimate of drug-likeness (QED) is 0.219. The van der Waals surface area contributed by atoms with Gasteiger partial charge in [0.2, 0.25) is 0 Å². The van der Waals surface area contributed by atoms with E-state index in [2.05, 4.69) is 9.47 Å². The van der Waals surface area contributed by atoms with E-state index in [1.54, 1.807) is 22.6 Å². The Morgan fingerprint density at radius 1 is 0.926 bits per heavy atom. The standard InChI is InChI=1S/C16H17F6IO4/c1-13(15(17,18)19,26-5-4-24)10-6-11(8-12(23)7-10)14(2,16(20,21)22)27-9-25-3/h4,6-8H,5,9H2,1-3H3. The molecule has 2 unspecified atom stereocenters. The molecule has 0 saturated carbocycles. The number of carbonyl (C=O) groups excluding carboxylic acids is 1. The van der Waals surface area contributed by atoms with E-state index in [1.807, 2.05) is 0 Å². The Labute approximate surface area is 165 Å². The average molecular weight is 514 g/mol. The number of carbonyl (C=O) groups is 1. The minimum atomic E-state index is -4.99. The van der Waals surface area contributed by atoms with Gasteiger partial charge in [-0.15, -0.1) is 0 Å². The van der Waals surface area contributed by atoms with Crippen LogP contribution in [0.2, 0.25) is 0 Å². The third kappa shape index (κ3) is 5.12. The first-order valence-corrected chi connectivity index (χ1v) is 8.46. The molecular formula is C16H17F6IO4. The second-order valence-corrected chi connectivity index (χ2v) is 7.06. The second-order valence-electron chi connectivity index (χ2n) is 5.82. The maximum atomic E-state index is 13.6. The highest BCUT2D eigenvalue weighted by molar-refractivity contribution is 14.1. The minimum absolute atomic E-state index is 0.0989. The smallest absolute Gasteiger partial charge is 0.359 e.